The topological polar surface area (TPSA) is 61.8 Å². The molecule has 1 saturated heterocycles. The summed E-state index contributed by atoms with van der Waals surface area (Å²) in [5.74, 6) is -0.0688. The van der Waals surface area contributed by atoms with Gasteiger partial charge in [0.2, 0.25) is 0 Å². The summed E-state index contributed by atoms with van der Waals surface area (Å²) >= 11 is 0. The van der Waals surface area contributed by atoms with Crippen molar-refractivity contribution in [1.29, 1.82) is 0 Å². The monoisotopic (exact) mass is 270 g/mol. The molecule has 0 bridgehead atoms. The zero-order valence-corrected chi connectivity index (χ0v) is 12.1. The van der Waals surface area contributed by atoms with Crippen molar-refractivity contribution in [2.24, 2.45) is 0 Å². The lowest BCUT2D eigenvalue weighted by atomic mass is 9.97. The third-order valence-corrected chi connectivity index (χ3v) is 4.36. The van der Waals surface area contributed by atoms with Crippen molar-refractivity contribution < 1.29 is 14.6 Å². The predicted molar refractivity (Wildman–Crippen MR) is 72.9 cm³/mol. The Morgan fingerprint density at radius 2 is 2.11 bits per heavy atom. The maximum Gasteiger partial charge on any atom is 0.253 e. The Kier molecular flexibility index (Phi) is 4.48. The fourth-order valence-corrected chi connectivity index (χ4v) is 3.08. The van der Waals surface area contributed by atoms with E-state index in [-0.39, 0.29) is 5.91 Å². The maximum absolute atomic E-state index is 12.2. The molecule has 110 valence electrons. The average Bonchev–Trinajstić information content (AvgIpc) is 2.76. The van der Waals surface area contributed by atoms with Gasteiger partial charge in [0.25, 0.3) is 5.91 Å². The molecule has 0 aromatic heterocycles. The normalized spacial score (nSPS) is 31.3. The van der Waals surface area contributed by atoms with Crippen LogP contribution in [0.15, 0.2) is 0 Å². The number of amides is 1. The molecule has 1 atom stereocenters. The molecule has 1 saturated carbocycles. The van der Waals surface area contributed by atoms with Crippen LogP contribution in [0.2, 0.25) is 0 Å². The van der Waals surface area contributed by atoms with Crippen LogP contribution in [-0.2, 0) is 9.53 Å². The first-order valence-electron chi connectivity index (χ1n) is 7.27. The molecule has 2 aliphatic rings. The molecule has 1 unspecified atom stereocenters. The van der Waals surface area contributed by atoms with Crippen molar-refractivity contribution in [3.05, 3.63) is 0 Å². The molecule has 5 nitrogen and oxygen atoms in total. The van der Waals surface area contributed by atoms with Gasteiger partial charge >= 0.3 is 0 Å². The van der Waals surface area contributed by atoms with Crippen LogP contribution in [0.1, 0.15) is 39.0 Å². The second kappa shape index (κ2) is 5.77. The van der Waals surface area contributed by atoms with E-state index < -0.39 is 11.2 Å². The Hall–Kier alpha value is -0.650. The van der Waals surface area contributed by atoms with Gasteiger partial charge in [-0.15, -0.1) is 0 Å². The van der Waals surface area contributed by atoms with Gasteiger partial charge in [0.05, 0.1) is 12.2 Å². The first-order chi connectivity index (χ1) is 8.94. The summed E-state index contributed by atoms with van der Waals surface area (Å²) in [6.07, 6.45) is 4.55. The highest BCUT2D eigenvalue weighted by Gasteiger charge is 2.38. The number of nitrogens with one attached hydrogen (secondary N) is 1. The summed E-state index contributed by atoms with van der Waals surface area (Å²) < 4.78 is 5.63. The molecular weight excluding hydrogens is 244 g/mol. The fourth-order valence-electron chi connectivity index (χ4n) is 3.08. The van der Waals surface area contributed by atoms with Gasteiger partial charge in [0.1, 0.15) is 0 Å². The lowest BCUT2D eigenvalue weighted by Gasteiger charge is -2.37. The van der Waals surface area contributed by atoms with Crippen molar-refractivity contribution in [2.75, 3.05) is 33.3 Å². The molecule has 1 aliphatic carbocycles. The Bertz CT molecular complexity index is 329. The Morgan fingerprint density at radius 3 is 2.74 bits per heavy atom. The van der Waals surface area contributed by atoms with Gasteiger partial charge in [-0.2, -0.15) is 0 Å². The van der Waals surface area contributed by atoms with Gasteiger partial charge in [-0.1, -0.05) is 12.8 Å². The van der Waals surface area contributed by atoms with Crippen molar-refractivity contribution >= 4 is 5.91 Å². The van der Waals surface area contributed by atoms with E-state index in [1.54, 1.807) is 0 Å². The number of nitrogens with zero attached hydrogens (tertiary/aromatic N) is 1. The van der Waals surface area contributed by atoms with E-state index in [1.165, 1.54) is 0 Å². The molecule has 5 heteroatoms. The molecule has 2 rings (SSSR count). The van der Waals surface area contributed by atoms with E-state index in [0.29, 0.717) is 26.1 Å². The van der Waals surface area contributed by atoms with E-state index in [4.69, 9.17) is 4.74 Å². The van der Waals surface area contributed by atoms with Gasteiger partial charge in [0, 0.05) is 19.6 Å². The number of carbonyl (C=O) groups is 1. The fraction of sp³-hybridized carbons (Fsp3) is 0.929. The molecule has 1 heterocycles. The largest absolute Gasteiger partial charge is 0.390 e. The van der Waals surface area contributed by atoms with Gasteiger partial charge in [-0.25, -0.2) is 0 Å². The molecule has 1 amide bonds. The summed E-state index contributed by atoms with van der Waals surface area (Å²) in [4.78, 5) is 14.3. The van der Waals surface area contributed by atoms with E-state index in [2.05, 4.69) is 10.2 Å². The maximum atomic E-state index is 12.2. The number of morpholine rings is 1. The minimum atomic E-state index is -0.759. The average molecular weight is 270 g/mol. The number of aliphatic hydroxyl groups is 1. The van der Waals surface area contributed by atoms with Gasteiger partial charge in [-0.05, 0) is 33.2 Å². The quantitative estimate of drug-likeness (QED) is 0.782. The number of hydrogen-bond donors (Lipinski definition) is 2. The third-order valence-electron chi connectivity index (χ3n) is 4.36. The Morgan fingerprint density at radius 1 is 1.42 bits per heavy atom. The van der Waals surface area contributed by atoms with Crippen LogP contribution in [0.3, 0.4) is 0 Å². The summed E-state index contributed by atoms with van der Waals surface area (Å²) in [5, 5.41) is 13.1. The number of ether oxygens (including phenoxy) is 1. The van der Waals surface area contributed by atoms with Crippen LogP contribution in [-0.4, -0.2) is 60.4 Å². The summed E-state index contributed by atoms with van der Waals surface area (Å²) in [5.41, 5.74) is -1.32. The minimum Gasteiger partial charge on any atom is -0.390 e. The van der Waals surface area contributed by atoms with Crippen LogP contribution < -0.4 is 5.32 Å². The molecule has 0 radical (unpaired) electrons. The molecule has 19 heavy (non-hydrogen) atoms. The highest BCUT2D eigenvalue weighted by molar-refractivity contribution is 5.85. The van der Waals surface area contributed by atoms with E-state index in [1.807, 2.05) is 14.0 Å². The van der Waals surface area contributed by atoms with Crippen molar-refractivity contribution in [3.8, 4) is 0 Å². The summed E-state index contributed by atoms with van der Waals surface area (Å²) in [6.45, 7) is 4.43. The number of rotatable bonds is 4. The van der Waals surface area contributed by atoms with Crippen LogP contribution in [0.25, 0.3) is 0 Å². The molecule has 0 spiro atoms. The van der Waals surface area contributed by atoms with Crippen LogP contribution in [0.4, 0.5) is 0 Å². The van der Waals surface area contributed by atoms with Gasteiger partial charge in [0.15, 0.2) is 5.60 Å². The molecule has 2 N–H and O–H groups in total. The van der Waals surface area contributed by atoms with Gasteiger partial charge in [-0.3, -0.25) is 4.79 Å². The lowest BCUT2D eigenvalue weighted by Crippen LogP contribution is -2.57. The van der Waals surface area contributed by atoms with E-state index in [9.17, 15) is 9.90 Å². The van der Waals surface area contributed by atoms with Crippen LogP contribution in [0, 0.1) is 0 Å². The van der Waals surface area contributed by atoms with Crippen molar-refractivity contribution in [2.45, 2.75) is 50.2 Å². The smallest absolute Gasteiger partial charge is 0.253 e. The molecule has 1 aliphatic heterocycles. The predicted octanol–water partition coefficient (Wildman–Crippen LogP) is 0.518. The highest BCUT2D eigenvalue weighted by Crippen LogP contribution is 2.31. The highest BCUT2D eigenvalue weighted by atomic mass is 16.5. The standard InChI is InChI=1S/C14H26N2O3/c1-13(11-16(2)9-10-19-13)12(17)15-8-7-14(18)5-3-4-6-14/h18H,3-11H2,1-2H3,(H,15,17). The summed E-state index contributed by atoms with van der Waals surface area (Å²) in [7, 11) is 2.00. The Balaban J connectivity index is 1.77. The third kappa shape index (κ3) is 3.68. The van der Waals surface area contributed by atoms with E-state index >= 15 is 0 Å². The van der Waals surface area contributed by atoms with Crippen molar-refractivity contribution in [1.82, 2.24) is 10.2 Å². The lowest BCUT2D eigenvalue weighted by molar-refractivity contribution is -0.155. The van der Waals surface area contributed by atoms with Crippen molar-refractivity contribution in [3.63, 3.8) is 0 Å². The zero-order valence-electron chi connectivity index (χ0n) is 12.1. The molecular formula is C14H26N2O3. The number of carbonyl (C=O) groups excluding carboxylic acids is 1. The van der Waals surface area contributed by atoms with E-state index in [0.717, 1.165) is 32.2 Å². The zero-order chi connectivity index (χ0) is 13.9. The SMILES string of the molecule is CN1CCOC(C)(C(=O)NCCC2(O)CCCC2)C1. The first kappa shape index (κ1) is 14.8. The second-order valence-electron chi connectivity index (χ2n) is 6.25. The van der Waals surface area contributed by atoms with Crippen LogP contribution in [0.5, 0.6) is 0 Å². The van der Waals surface area contributed by atoms with Crippen LogP contribution >= 0.6 is 0 Å². The number of likely N-dealkylation sites (N-methyl/N-ethyl adjacent to an activating group) is 1. The minimum absolute atomic E-state index is 0.0688. The Labute approximate surface area is 115 Å². The van der Waals surface area contributed by atoms with Gasteiger partial charge < -0.3 is 20.1 Å². The number of hydrogen-bond acceptors (Lipinski definition) is 4. The molecule has 0 aromatic rings. The second-order valence-corrected chi connectivity index (χ2v) is 6.25. The first-order valence-corrected chi connectivity index (χ1v) is 7.27. The molecule has 0 aromatic carbocycles. The molecule has 2 fully saturated rings. The summed E-state index contributed by atoms with van der Waals surface area (Å²) in [6, 6.07) is 0.